The number of benzene rings is 1. The largest absolute Gasteiger partial charge is 0.497 e. The molecule has 0 radical (unpaired) electrons. The van der Waals surface area contributed by atoms with Gasteiger partial charge in [-0.2, -0.15) is 0 Å². The summed E-state index contributed by atoms with van der Waals surface area (Å²) in [6.07, 6.45) is 4.55. The Labute approximate surface area is 140 Å². The van der Waals surface area contributed by atoms with Crippen LogP contribution in [0, 0.1) is 0 Å². The number of amides is 1. The van der Waals surface area contributed by atoms with Crippen LogP contribution in [0.5, 0.6) is 11.5 Å². The molecule has 0 unspecified atom stereocenters. The van der Waals surface area contributed by atoms with Gasteiger partial charge in [-0.05, 0) is 35.4 Å². The van der Waals surface area contributed by atoms with E-state index >= 15 is 0 Å². The number of hydrogen-bond acceptors (Lipinski definition) is 6. The first kappa shape index (κ1) is 16.2. The lowest BCUT2D eigenvalue weighted by Gasteiger charge is -2.13. The Balaban J connectivity index is 1.69. The smallest absolute Gasteiger partial charge is 0.255 e. The number of ether oxygens (including phenoxy) is 2. The number of tetrazole rings is 1. The van der Waals surface area contributed by atoms with Gasteiger partial charge in [0.15, 0.2) is 5.82 Å². The zero-order valence-corrected chi connectivity index (χ0v) is 13.9. The van der Waals surface area contributed by atoms with E-state index in [0.717, 1.165) is 12.8 Å². The Morgan fingerprint density at radius 3 is 2.79 bits per heavy atom. The first-order chi connectivity index (χ1) is 11.7. The van der Waals surface area contributed by atoms with Gasteiger partial charge in [-0.3, -0.25) is 4.79 Å². The van der Waals surface area contributed by atoms with Crippen LogP contribution in [0.3, 0.4) is 0 Å². The van der Waals surface area contributed by atoms with Gasteiger partial charge >= 0.3 is 0 Å². The molecule has 1 aliphatic carbocycles. The SMILES string of the molecule is COc1ccc(C(=O)NCc2nnnn2C2CCCC2)c(OC)c1. The first-order valence-electron chi connectivity index (χ1n) is 8.00. The topological polar surface area (TPSA) is 91.2 Å². The maximum atomic E-state index is 12.4. The summed E-state index contributed by atoms with van der Waals surface area (Å²) < 4.78 is 12.2. The third-order valence-corrected chi connectivity index (χ3v) is 4.29. The fraction of sp³-hybridized carbons (Fsp3) is 0.500. The molecular formula is C16H21N5O3. The molecule has 1 saturated carbocycles. The Morgan fingerprint density at radius 1 is 1.29 bits per heavy atom. The van der Waals surface area contributed by atoms with Gasteiger partial charge < -0.3 is 14.8 Å². The third kappa shape index (κ3) is 3.32. The number of hydrogen-bond donors (Lipinski definition) is 1. The minimum Gasteiger partial charge on any atom is -0.497 e. The molecule has 2 aromatic rings. The van der Waals surface area contributed by atoms with Crippen LogP contribution >= 0.6 is 0 Å². The van der Waals surface area contributed by atoms with Gasteiger partial charge in [0.25, 0.3) is 5.91 Å². The van der Waals surface area contributed by atoms with Gasteiger partial charge in [-0.25, -0.2) is 4.68 Å². The van der Waals surface area contributed by atoms with Gasteiger partial charge in [-0.15, -0.1) is 5.10 Å². The summed E-state index contributed by atoms with van der Waals surface area (Å²) >= 11 is 0. The molecule has 24 heavy (non-hydrogen) atoms. The van der Waals surface area contributed by atoms with Crippen molar-refractivity contribution < 1.29 is 14.3 Å². The van der Waals surface area contributed by atoms with Gasteiger partial charge in [0.05, 0.1) is 32.4 Å². The molecule has 1 fully saturated rings. The monoisotopic (exact) mass is 331 g/mol. The molecule has 3 rings (SSSR count). The number of rotatable bonds is 6. The molecule has 1 amide bonds. The number of carbonyl (C=O) groups is 1. The van der Waals surface area contributed by atoms with Crippen molar-refractivity contribution in [3.63, 3.8) is 0 Å². The highest BCUT2D eigenvalue weighted by Crippen LogP contribution is 2.29. The minimum absolute atomic E-state index is 0.240. The summed E-state index contributed by atoms with van der Waals surface area (Å²) in [5.74, 6) is 1.52. The second-order valence-electron chi connectivity index (χ2n) is 5.73. The molecule has 128 valence electrons. The number of carbonyl (C=O) groups excluding carboxylic acids is 1. The molecule has 1 aromatic heterocycles. The summed E-state index contributed by atoms with van der Waals surface area (Å²) in [6.45, 7) is 0.275. The van der Waals surface area contributed by atoms with E-state index in [1.807, 2.05) is 4.68 Å². The maximum Gasteiger partial charge on any atom is 0.255 e. The van der Waals surface area contributed by atoms with Crippen LogP contribution in [-0.2, 0) is 6.54 Å². The Bertz CT molecular complexity index is 709. The molecular weight excluding hydrogens is 310 g/mol. The van der Waals surface area contributed by atoms with Crippen LogP contribution in [-0.4, -0.2) is 40.3 Å². The second-order valence-corrected chi connectivity index (χ2v) is 5.73. The lowest BCUT2D eigenvalue weighted by atomic mass is 10.1. The van der Waals surface area contributed by atoms with Gasteiger partial charge in [0, 0.05) is 6.07 Å². The quantitative estimate of drug-likeness (QED) is 0.867. The fourth-order valence-electron chi connectivity index (χ4n) is 3.00. The highest BCUT2D eigenvalue weighted by molar-refractivity contribution is 5.97. The molecule has 0 spiro atoms. The average Bonchev–Trinajstić information content (AvgIpc) is 3.29. The lowest BCUT2D eigenvalue weighted by Crippen LogP contribution is -2.26. The lowest BCUT2D eigenvalue weighted by molar-refractivity contribution is 0.0946. The Hall–Kier alpha value is -2.64. The van der Waals surface area contributed by atoms with E-state index < -0.39 is 0 Å². The molecule has 8 nitrogen and oxygen atoms in total. The number of nitrogens with zero attached hydrogens (tertiary/aromatic N) is 4. The van der Waals surface area contributed by atoms with Crippen molar-refractivity contribution in [2.75, 3.05) is 14.2 Å². The van der Waals surface area contributed by atoms with Crippen molar-refractivity contribution >= 4 is 5.91 Å². The van der Waals surface area contributed by atoms with Crippen LogP contribution in [0.25, 0.3) is 0 Å². The van der Waals surface area contributed by atoms with Crippen LogP contribution in [0.4, 0.5) is 0 Å². The summed E-state index contributed by atoms with van der Waals surface area (Å²) in [5.41, 5.74) is 0.443. The van der Waals surface area contributed by atoms with Crippen LogP contribution in [0.15, 0.2) is 18.2 Å². The van der Waals surface area contributed by atoms with E-state index in [9.17, 15) is 4.79 Å². The summed E-state index contributed by atoms with van der Waals surface area (Å²) in [4.78, 5) is 12.4. The van der Waals surface area contributed by atoms with Gasteiger partial charge in [-0.1, -0.05) is 12.8 Å². The van der Waals surface area contributed by atoms with Crippen molar-refractivity contribution in [3.05, 3.63) is 29.6 Å². The van der Waals surface area contributed by atoms with E-state index in [1.54, 1.807) is 25.3 Å². The highest BCUT2D eigenvalue weighted by atomic mass is 16.5. The minimum atomic E-state index is -0.240. The maximum absolute atomic E-state index is 12.4. The van der Waals surface area contributed by atoms with Crippen molar-refractivity contribution in [1.29, 1.82) is 0 Å². The molecule has 0 bridgehead atoms. The highest BCUT2D eigenvalue weighted by Gasteiger charge is 2.22. The van der Waals surface area contributed by atoms with Crippen LogP contribution in [0.1, 0.15) is 47.9 Å². The Kier molecular flexibility index (Phi) is 4.93. The van der Waals surface area contributed by atoms with Crippen molar-refractivity contribution in [1.82, 2.24) is 25.5 Å². The van der Waals surface area contributed by atoms with E-state index in [1.165, 1.54) is 20.0 Å². The summed E-state index contributed by atoms with van der Waals surface area (Å²) in [6, 6.07) is 5.41. The van der Waals surface area contributed by atoms with Gasteiger partial charge in [0.2, 0.25) is 0 Å². The molecule has 8 heteroatoms. The van der Waals surface area contributed by atoms with Gasteiger partial charge in [0.1, 0.15) is 11.5 Å². The van der Waals surface area contributed by atoms with Crippen LogP contribution in [0.2, 0.25) is 0 Å². The predicted molar refractivity (Wildman–Crippen MR) is 86.0 cm³/mol. The fourth-order valence-corrected chi connectivity index (χ4v) is 3.00. The molecule has 0 aliphatic heterocycles. The first-order valence-corrected chi connectivity index (χ1v) is 8.00. The zero-order valence-electron chi connectivity index (χ0n) is 13.9. The van der Waals surface area contributed by atoms with E-state index in [2.05, 4.69) is 20.8 Å². The molecule has 1 aliphatic rings. The number of aromatic nitrogens is 4. The predicted octanol–water partition coefficient (Wildman–Crippen LogP) is 1.74. The van der Waals surface area contributed by atoms with Crippen molar-refractivity contribution in [2.45, 2.75) is 38.3 Å². The summed E-state index contributed by atoms with van der Waals surface area (Å²) in [5, 5.41) is 14.7. The molecule has 0 saturated heterocycles. The summed E-state index contributed by atoms with van der Waals surface area (Å²) in [7, 11) is 3.09. The standard InChI is InChI=1S/C16H21N5O3/c1-23-12-7-8-13(14(9-12)24-2)16(22)17-10-15-18-19-20-21(15)11-5-3-4-6-11/h7-9,11H,3-6,10H2,1-2H3,(H,17,22). The van der Waals surface area contributed by atoms with E-state index in [-0.39, 0.29) is 12.5 Å². The zero-order chi connectivity index (χ0) is 16.9. The number of methoxy groups -OCH3 is 2. The molecule has 0 atom stereocenters. The van der Waals surface area contributed by atoms with Crippen LogP contribution < -0.4 is 14.8 Å². The second kappa shape index (κ2) is 7.29. The number of nitrogens with one attached hydrogen (secondary N) is 1. The van der Waals surface area contributed by atoms with Crippen molar-refractivity contribution in [3.8, 4) is 11.5 Å². The van der Waals surface area contributed by atoms with Crippen molar-refractivity contribution in [2.24, 2.45) is 0 Å². The van der Waals surface area contributed by atoms with E-state index in [4.69, 9.17) is 9.47 Å². The molecule has 1 aromatic carbocycles. The molecule has 1 heterocycles. The average molecular weight is 331 g/mol. The third-order valence-electron chi connectivity index (χ3n) is 4.29. The normalized spacial score (nSPS) is 14.6. The Morgan fingerprint density at radius 2 is 2.08 bits per heavy atom. The van der Waals surface area contributed by atoms with E-state index in [0.29, 0.717) is 28.9 Å². The molecule has 1 N–H and O–H groups in total.